The Balaban J connectivity index is 1.83. The first kappa shape index (κ1) is 22.6. The second-order valence-corrected chi connectivity index (χ2v) is 7.15. The second kappa shape index (κ2) is 10.3. The van der Waals surface area contributed by atoms with Gasteiger partial charge in [0.1, 0.15) is 30.1 Å². The van der Waals surface area contributed by atoms with Crippen molar-refractivity contribution < 1.29 is 34.4 Å². The third-order valence-corrected chi connectivity index (χ3v) is 4.89. The minimum atomic E-state index is -1.41. The van der Waals surface area contributed by atoms with Crippen molar-refractivity contribution in [1.82, 2.24) is 5.32 Å². The van der Waals surface area contributed by atoms with Gasteiger partial charge in [-0.2, -0.15) is 0 Å². The van der Waals surface area contributed by atoms with Gasteiger partial charge in [-0.3, -0.25) is 9.59 Å². The molecule has 1 aliphatic rings. The van der Waals surface area contributed by atoms with E-state index in [4.69, 9.17) is 9.47 Å². The number of aliphatic hydroxyl groups is 3. The van der Waals surface area contributed by atoms with E-state index in [1.807, 2.05) is 6.07 Å². The standard InChI is InChI=1S/C23H25NO7/c1-14(26)24-20-22(29)21(28)19(13-25)31-23(20)30-18-10-6-5-9-16(18)11-12-17(27)15-7-3-2-4-8-15/h2-12,19-23,25,28-29H,13H2,1H3,(H,24,26)/b12-11+. The summed E-state index contributed by atoms with van der Waals surface area (Å²) in [6.45, 7) is 0.720. The van der Waals surface area contributed by atoms with Crippen LogP contribution in [0.2, 0.25) is 0 Å². The molecule has 0 aliphatic carbocycles. The zero-order valence-corrected chi connectivity index (χ0v) is 16.9. The van der Waals surface area contributed by atoms with Crippen molar-refractivity contribution >= 4 is 17.8 Å². The molecule has 1 amide bonds. The number of rotatable bonds is 7. The molecule has 0 aromatic heterocycles. The lowest BCUT2D eigenvalue weighted by atomic mass is 9.97. The third kappa shape index (κ3) is 5.56. The Morgan fingerprint density at radius 3 is 2.42 bits per heavy atom. The number of hydrogen-bond donors (Lipinski definition) is 4. The first-order valence-electron chi connectivity index (χ1n) is 9.83. The molecule has 0 bridgehead atoms. The predicted octanol–water partition coefficient (Wildman–Crippen LogP) is 0.905. The molecule has 31 heavy (non-hydrogen) atoms. The van der Waals surface area contributed by atoms with Gasteiger partial charge in [-0.1, -0.05) is 48.5 Å². The summed E-state index contributed by atoms with van der Waals surface area (Å²) in [5, 5.41) is 32.5. The first-order chi connectivity index (χ1) is 14.9. The molecule has 8 heteroatoms. The SMILES string of the molecule is CC(=O)NC1C(Oc2ccccc2/C=C/C(=O)c2ccccc2)OC(CO)C(O)C1O. The molecule has 1 fully saturated rings. The van der Waals surface area contributed by atoms with Crippen LogP contribution in [0.25, 0.3) is 6.08 Å². The highest BCUT2D eigenvalue weighted by molar-refractivity contribution is 6.06. The van der Waals surface area contributed by atoms with Crippen molar-refractivity contribution in [3.63, 3.8) is 0 Å². The van der Waals surface area contributed by atoms with Crippen LogP contribution in [-0.4, -0.2) is 64.3 Å². The van der Waals surface area contributed by atoms with E-state index >= 15 is 0 Å². The Bertz CT molecular complexity index is 931. The van der Waals surface area contributed by atoms with Crippen molar-refractivity contribution in [1.29, 1.82) is 0 Å². The zero-order chi connectivity index (χ0) is 22.4. The van der Waals surface area contributed by atoms with E-state index in [0.29, 0.717) is 16.9 Å². The second-order valence-electron chi connectivity index (χ2n) is 7.15. The van der Waals surface area contributed by atoms with Gasteiger partial charge in [0, 0.05) is 18.1 Å². The molecule has 8 nitrogen and oxygen atoms in total. The molecule has 164 valence electrons. The lowest BCUT2D eigenvalue weighted by Gasteiger charge is -2.42. The van der Waals surface area contributed by atoms with Crippen molar-refractivity contribution in [2.45, 2.75) is 37.6 Å². The van der Waals surface area contributed by atoms with Gasteiger partial charge in [-0.15, -0.1) is 0 Å². The summed E-state index contributed by atoms with van der Waals surface area (Å²) in [5.74, 6) is -0.294. The van der Waals surface area contributed by atoms with Crippen LogP contribution in [0.1, 0.15) is 22.8 Å². The fraction of sp³-hybridized carbons (Fsp3) is 0.304. The van der Waals surface area contributed by atoms with Crippen LogP contribution in [0.15, 0.2) is 60.7 Å². The average Bonchev–Trinajstić information content (AvgIpc) is 2.78. The zero-order valence-electron chi connectivity index (χ0n) is 16.9. The number of ether oxygens (including phenoxy) is 2. The Morgan fingerprint density at radius 2 is 1.74 bits per heavy atom. The van der Waals surface area contributed by atoms with E-state index in [1.54, 1.807) is 54.6 Å². The molecule has 5 atom stereocenters. The molecule has 0 spiro atoms. The van der Waals surface area contributed by atoms with Crippen molar-refractivity contribution in [3.8, 4) is 5.75 Å². The largest absolute Gasteiger partial charge is 0.462 e. The average molecular weight is 427 g/mol. The lowest BCUT2D eigenvalue weighted by molar-refractivity contribution is -0.244. The summed E-state index contributed by atoms with van der Waals surface area (Å²) >= 11 is 0. The molecule has 0 saturated carbocycles. The van der Waals surface area contributed by atoms with Crippen molar-refractivity contribution in [2.75, 3.05) is 6.61 Å². The summed E-state index contributed by atoms with van der Waals surface area (Å²) < 4.78 is 11.5. The number of carbonyl (C=O) groups excluding carboxylic acids is 2. The number of para-hydroxylation sites is 1. The molecule has 2 aromatic carbocycles. The highest BCUT2D eigenvalue weighted by Gasteiger charge is 2.46. The van der Waals surface area contributed by atoms with Crippen LogP contribution in [-0.2, 0) is 9.53 Å². The number of amides is 1. The Morgan fingerprint density at radius 1 is 1.06 bits per heavy atom. The Labute approximate surface area is 179 Å². The van der Waals surface area contributed by atoms with Gasteiger partial charge in [0.25, 0.3) is 0 Å². The molecule has 1 heterocycles. The van der Waals surface area contributed by atoms with Crippen molar-refractivity contribution in [3.05, 3.63) is 71.8 Å². The normalized spacial score (nSPS) is 25.9. The Kier molecular flexibility index (Phi) is 7.54. The molecule has 2 aromatic rings. The van der Waals surface area contributed by atoms with Crippen LogP contribution in [0.5, 0.6) is 5.75 Å². The molecule has 1 saturated heterocycles. The number of aliphatic hydroxyl groups excluding tert-OH is 3. The van der Waals surface area contributed by atoms with Gasteiger partial charge in [0.15, 0.2) is 5.78 Å². The summed E-state index contributed by atoms with van der Waals surface area (Å²) in [4.78, 5) is 23.9. The number of carbonyl (C=O) groups is 2. The monoisotopic (exact) mass is 427 g/mol. The quantitative estimate of drug-likeness (QED) is 0.382. The Hall–Kier alpha value is -3.04. The fourth-order valence-electron chi connectivity index (χ4n) is 3.29. The van der Waals surface area contributed by atoms with Gasteiger partial charge in [0.05, 0.1) is 6.61 Å². The highest BCUT2D eigenvalue weighted by atomic mass is 16.7. The van der Waals surface area contributed by atoms with Crippen LogP contribution in [0.3, 0.4) is 0 Å². The minimum absolute atomic E-state index is 0.181. The van der Waals surface area contributed by atoms with Gasteiger partial charge < -0.3 is 30.1 Å². The first-order valence-corrected chi connectivity index (χ1v) is 9.83. The maximum atomic E-state index is 12.4. The van der Waals surface area contributed by atoms with Gasteiger partial charge in [-0.25, -0.2) is 0 Å². The van der Waals surface area contributed by atoms with Gasteiger partial charge in [-0.05, 0) is 18.2 Å². The number of hydrogen-bond acceptors (Lipinski definition) is 7. The van der Waals surface area contributed by atoms with E-state index < -0.39 is 43.2 Å². The molecule has 0 radical (unpaired) electrons. The van der Waals surface area contributed by atoms with E-state index in [1.165, 1.54) is 13.0 Å². The summed E-state index contributed by atoms with van der Waals surface area (Å²) in [6.07, 6.45) is -2.08. The highest BCUT2D eigenvalue weighted by Crippen LogP contribution is 2.27. The number of ketones is 1. The maximum absolute atomic E-state index is 12.4. The van der Waals surface area contributed by atoms with Crippen LogP contribution < -0.4 is 10.1 Å². The smallest absolute Gasteiger partial charge is 0.223 e. The summed E-state index contributed by atoms with van der Waals surface area (Å²) in [6, 6.07) is 14.6. The van der Waals surface area contributed by atoms with E-state index in [0.717, 1.165) is 0 Å². The topological polar surface area (TPSA) is 125 Å². The summed E-state index contributed by atoms with van der Waals surface area (Å²) in [7, 11) is 0. The van der Waals surface area contributed by atoms with Gasteiger partial charge in [0.2, 0.25) is 12.2 Å². The molecular weight excluding hydrogens is 402 g/mol. The summed E-state index contributed by atoms with van der Waals surface area (Å²) in [5.41, 5.74) is 1.11. The van der Waals surface area contributed by atoms with Crippen LogP contribution in [0.4, 0.5) is 0 Å². The van der Waals surface area contributed by atoms with Gasteiger partial charge >= 0.3 is 0 Å². The van der Waals surface area contributed by atoms with Crippen molar-refractivity contribution in [2.24, 2.45) is 0 Å². The number of nitrogens with one attached hydrogen (secondary N) is 1. The number of benzene rings is 2. The van der Waals surface area contributed by atoms with E-state index in [-0.39, 0.29) is 5.78 Å². The lowest BCUT2D eigenvalue weighted by Crippen LogP contribution is -2.65. The van der Waals surface area contributed by atoms with Crippen LogP contribution >= 0.6 is 0 Å². The van der Waals surface area contributed by atoms with E-state index in [9.17, 15) is 24.9 Å². The van der Waals surface area contributed by atoms with Crippen LogP contribution in [0, 0.1) is 0 Å². The fourth-order valence-corrected chi connectivity index (χ4v) is 3.29. The number of allylic oxidation sites excluding steroid dienone is 1. The molecule has 4 N–H and O–H groups in total. The maximum Gasteiger partial charge on any atom is 0.223 e. The third-order valence-electron chi connectivity index (χ3n) is 4.89. The predicted molar refractivity (Wildman–Crippen MR) is 112 cm³/mol. The minimum Gasteiger partial charge on any atom is -0.462 e. The molecular formula is C23H25NO7. The molecule has 5 unspecified atom stereocenters. The molecule has 1 aliphatic heterocycles. The van der Waals surface area contributed by atoms with E-state index in [2.05, 4.69) is 5.32 Å². The molecule has 3 rings (SSSR count).